The normalized spacial score (nSPS) is 11.5. The van der Waals surface area contributed by atoms with E-state index < -0.39 is 11.9 Å². The van der Waals surface area contributed by atoms with E-state index in [9.17, 15) is 18.0 Å². The zero-order valence-corrected chi connectivity index (χ0v) is 16.9. The minimum absolute atomic E-state index is 0.0418. The van der Waals surface area contributed by atoms with Gasteiger partial charge in [0.1, 0.15) is 17.9 Å². The highest BCUT2D eigenvalue weighted by molar-refractivity contribution is 6.17. The molecule has 3 heterocycles. The predicted octanol–water partition coefficient (Wildman–Crippen LogP) is 5.19. The van der Waals surface area contributed by atoms with Gasteiger partial charge >= 0.3 is 6.18 Å². The molecule has 32 heavy (non-hydrogen) atoms. The second-order valence-electron chi connectivity index (χ2n) is 6.84. The van der Waals surface area contributed by atoms with Crippen LogP contribution in [0.4, 0.5) is 13.2 Å². The molecule has 4 aromatic rings. The SMILES string of the molecule is CCOc1c(OCc2ccc(C(F)(F)F)nc2)cccc1C(=O)c1c[nH]c2ncccc12. The van der Waals surface area contributed by atoms with E-state index in [4.69, 9.17) is 9.47 Å². The molecular formula is C23H18F3N3O3. The first-order valence-electron chi connectivity index (χ1n) is 9.76. The van der Waals surface area contributed by atoms with E-state index in [1.54, 1.807) is 49.6 Å². The van der Waals surface area contributed by atoms with Crippen LogP contribution in [0.5, 0.6) is 11.5 Å². The Morgan fingerprint density at radius 3 is 2.59 bits per heavy atom. The van der Waals surface area contributed by atoms with Crippen LogP contribution >= 0.6 is 0 Å². The third-order valence-electron chi connectivity index (χ3n) is 4.72. The van der Waals surface area contributed by atoms with Crippen molar-refractivity contribution in [3.63, 3.8) is 0 Å². The summed E-state index contributed by atoms with van der Waals surface area (Å²) in [5, 5.41) is 0.682. The Balaban J connectivity index is 1.61. The highest BCUT2D eigenvalue weighted by Gasteiger charge is 2.32. The number of fused-ring (bicyclic) bond motifs is 1. The molecule has 0 bridgehead atoms. The van der Waals surface area contributed by atoms with Gasteiger partial charge in [0.25, 0.3) is 0 Å². The Labute approximate surface area is 181 Å². The number of carbonyl (C=O) groups excluding carboxylic acids is 1. The molecule has 4 rings (SSSR count). The van der Waals surface area contributed by atoms with E-state index in [1.807, 2.05) is 0 Å². The van der Waals surface area contributed by atoms with Gasteiger partial charge in [0.15, 0.2) is 17.3 Å². The van der Waals surface area contributed by atoms with Crippen molar-refractivity contribution in [3.05, 3.63) is 83.4 Å². The number of H-pyrrole nitrogens is 1. The number of ketones is 1. The van der Waals surface area contributed by atoms with Gasteiger partial charge < -0.3 is 14.5 Å². The van der Waals surface area contributed by atoms with Crippen LogP contribution in [-0.4, -0.2) is 27.3 Å². The van der Waals surface area contributed by atoms with Gasteiger partial charge in [-0.1, -0.05) is 12.1 Å². The number of nitrogens with one attached hydrogen (secondary N) is 1. The molecule has 9 heteroatoms. The van der Waals surface area contributed by atoms with Crippen LogP contribution < -0.4 is 9.47 Å². The Kier molecular flexibility index (Phi) is 5.81. The lowest BCUT2D eigenvalue weighted by atomic mass is 10.0. The van der Waals surface area contributed by atoms with Gasteiger partial charge in [0, 0.05) is 35.1 Å². The standard InChI is InChI=1S/C23H18F3N3O3/c1-2-31-21-16(20(30)17-12-29-22-15(17)6-4-10-27-22)5-3-7-18(21)32-13-14-8-9-19(28-11-14)23(24,25)26/h3-12H,2,13H2,1H3,(H,27,29). The summed E-state index contributed by atoms with van der Waals surface area (Å²) in [7, 11) is 0. The van der Waals surface area contributed by atoms with Crippen LogP contribution in [0.15, 0.2) is 61.1 Å². The zero-order valence-electron chi connectivity index (χ0n) is 16.9. The number of rotatable bonds is 7. The highest BCUT2D eigenvalue weighted by Crippen LogP contribution is 2.35. The molecule has 0 fully saturated rings. The molecule has 1 aromatic carbocycles. The molecule has 0 aliphatic carbocycles. The molecule has 0 saturated carbocycles. The summed E-state index contributed by atoms with van der Waals surface area (Å²) in [6, 6.07) is 10.7. The maximum atomic E-state index is 13.3. The van der Waals surface area contributed by atoms with Crippen molar-refractivity contribution in [2.45, 2.75) is 19.7 Å². The first-order chi connectivity index (χ1) is 15.4. The molecule has 0 amide bonds. The van der Waals surface area contributed by atoms with Crippen LogP contribution in [-0.2, 0) is 12.8 Å². The number of aromatic nitrogens is 3. The van der Waals surface area contributed by atoms with Crippen LogP contribution in [0.3, 0.4) is 0 Å². The summed E-state index contributed by atoms with van der Waals surface area (Å²) in [4.78, 5) is 23.9. The second kappa shape index (κ2) is 8.70. The van der Waals surface area contributed by atoms with Gasteiger partial charge in [0.05, 0.1) is 12.2 Å². The van der Waals surface area contributed by atoms with Gasteiger partial charge in [-0.05, 0) is 37.3 Å². The number of halogens is 3. The van der Waals surface area contributed by atoms with Gasteiger partial charge in [-0.2, -0.15) is 13.2 Å². The molecule has 0 atom stereocenters. The van der Waals surface area contributed by atoms with Gasteiger partial charge in [-0.15, -0.1) is 0 Å². The fraction of sp³-hybridized carbons (Fsp3) is 0.174. The predicted molar refractivity (Wildman–Crippen MR) is 111 cm³/mol. The number of benzene rings is 1. The Morgan fingerprint density at radius 2 is 1.88 bits per heavy atom. The molecule has 6 nitrogen and oxygen atoms in total. The van der Waals surface area contributed by atoms with Crippen molar-refractivity contribution in [2.75, 3.05) is 6.61 Å². The van der Waals surface area contributed by atoms with E-state index >= 15 is 0 Å². The summed E-state index contributed by atoms with van der Waals surface area (Å²) < 4.78 is 49.6. The maximum Gasteiger partial charge on any atom is 0.433 e. The first-order valence-corrected chi connectivity index (χ1v) is 9.76. The number of para-hydroxylation sites is 1. The molecular weight excluding hydrogens is 423 g/mol. The molecule has 0 saturated heterocycles. The average Bonchev–Trinajstić information content (AvgIpc) is 3.22. The van der Waals surface area contributed by atoms with Crippen LogP contribution in [0, 0.1) is 0 Å². The molecule has 0 aliphatic heterocycles. The van der Waals surface area contributed by atoms with E-state index in [2.05, 4.69) is 15.0 Å². The quantitative estimate of drug-likeness (QED) is 0.400. The van der Waals surface area contributed by atoms with Crippen molar-refractivity contribution in [1.29, 1.82) is 0 Å². The van der Waals surface area contributed by atoms with Crippen molar-refractivity contribution < 1.29 is 27.4 Å². The number of pyridine rings is 2. The van der Waals surface area contributed by atoms with Crippen molar-refractivity contribution in [2.24, 2.45) is 0 Å². The fourth-order valence-corrected chi connectivity index (χ4v) is 3.23. The Bertz CT molecular complexity index is 1250. The van der Waals surface area contributed by atoms with Crippen LogP contribution in [0.25, 0.3) is 11.0 Å². The molecule has 164 valence electrons. The van der Waals surface area contributed by atoms with Crippen molar-refractivity contribution >= 4 is 16.8 Å². The topological polar surface area (TPSA) is 77.1 Å². The molecule has 0 spiro atoms. The lowest BCUT2D eigenvalue weighted by Gasteiger charge is -2.15. The number of ether oxygens (including phenoxy) is 2. The monoisotopic (exact) mass is 441 g/mol. The molecule has 0 unspecified atom stereocenters. The summed E-state index contributed by atoms with van der Waals surface area (Å²) in [5.74, 6) is 0.294. The van der Waals surface area contributed by atoms with Crippen molar-refractivity contribution in [1.82, 2.24) is 15.0 Å². The highest BCUT2D eigenvalue weighted by atomic mass is 19.4. The third-order valence-corrected chi connectivity index (χ3v) is 4.72. The first kappa shape index (κ1) is 21.4. The van der Waals surface area contributed by atoms with Crippen LogP contribution in [0.2, 0.25) is 0 Å². The third kappa shape index (κ3) is 4.27. The number of hydrogen-bond donors (Lipinski definition) is 1. The maximum absolute atomic E-state index is 13.3. The molecule has 3 aromatic heterocycles. The summed E-state index contributed by atoms with van der Waals surface area (Å²) in [6.07, 6.45) is -0.175. The number of carbonyl (C=O) groups is 1. The van der Waals surface area contributed by atoms with E-state index in [0.29, 0.717) is 33.5 Å². The minimum Gasteiger partial charge on any atom is -0.489 e. The number of nitrogens with zero attached hydrogens (tertiary/aromatic N) is 2. The summed E-state index contributed by atoms with van der Waals surface area (Å²) >= 11 is 0. The average molecular weight is 441 g/mol. The van der Waals surface area contributed by atoms with E-state index in [-0.39, 0.29) is 24.7 Å². The largest absolute Gasteiger partial charge is 0.489 e. The Morgan fingerprint density at radius 1 is 1.03 bits per heavy atom. The number of hydrogen-bond acceptors (Lipinski definition) is 5. The lowest BCUT2D eigenvalue weighted by molar-refractivity contribution is -0.141. The van der Waals surface area contributed by atoms with Crippen molar-refractivity contribution in [3.8, 4) is 11.5 Å². The zero-order chi connectivity index (χ0) is 22.7. The van der Waals surface area contributed by atoms with E-state index in [0.717, 1.165) is 12.3 Å². The second-order valence-corrected chi connectivity index (χ2v) is 6.84. The molecule has 0 radical (unpaired) electrons. The summed E-state index contributed by atoms with van der Waals surface area (Å²) in [5.41, 5.74) is 0.811. The minimum atomic E-state index is -4.51. The fourth-order valence-electron chi connectivity index (χ4n) is 3.23. The number of alkyl halides is 3. The lowest BCUT2D eigenvalue weighted by Crippen LogP contribution is -2.09. The van der Waals surface area contributed by atoms with Gasteiger partial charge in [0.2, 0.25) is 0 Å². The van der Waals surface area contributed by atoms with Gasteiger partial charge in [-0.3, -0.25) is 9.78 Å². The van der Waals surface area contributed by atoms with Crippen LogP contribution in [0.1, 0.15) is 34.1 Å². The van der Waals surface area contributed by atoms with E-state index in [1.165, 1.54) is 6.07 Å². The smallest absolute Gasteiger partial charge is 0.433 e. The number of aromatic amines is 1. The molecule has 1 N–H and O–H groups in total. The molecule has 0 aliphatic rings. The summed E-state index contributed by atoms with van der Waals surface area (Å²) in [6.45, 7) is 2.03. The Hall–Kier alpha value is -3.88. The van der Waals surface area contributed by atoms with Gasteiger partial charge in [-0.25, -0.2) is 4.98 Å².